The van der Waals surface area contributed by atoms with Crippen LogP contribution in [-0.2, 0) is 19.6 Å². The second-order valence-electron chi connectivity index (χ2n) is 6.02. The van der Waals surface area contributed by atoms with Crippen molar-refractivity contribution in [1.82, 2.24) is 4.72 Å². The van der Waals surface area contributed by atoms with Gasteiger partial charge in [0.1, 0.15) is 17.6 Å². The van der Waals surface area contributed by atoms with Gasteiger partial charge in [0.05, 0.1) is 12.0 Å². The lowest BCUT2D eigenvalue weighted by molar-refractivity contribution is -0.143. The van der Waals surface area contributed by atoms with Gasteiger partial charge in [-0.05, 0) is 31.2 Å². The molecule has 0 aromatic heterocycles. The quantitative estimate of drug-likeness (QED) is 0.580. The second kappa shape index (κ2) is 7.81. The average Bonchev–Trinajstić information content (AvgIpc) is 2.96. The minimum atomic E-state index is -3.69. The van der Waals surface area contributed by atoms with Crippen molar-refractivity contribution in [3.8, 4) is 5.75 Å². The number of carbonyl (C=O) groups is 2. The molecular weight excluding hydrogens is 384 g/mol. The van der Waals surface area contributed by atoms with Crippen LogP contribution in [0.1, 0.15) is 22.8 Å². The standard InChI is InChI=1S/C19H18N2O6S/c1-12(20-18-15-8-3-4-9-17(15)28(24,25)21-18)19(23)27-11-16(22)13-6-5-7-14(10-13)26-2/h3-10,12H,11H2,1-2H3,(H,20,21). The van der Waals surface area contributed by atoms with Crippen LogP contribution >= 0.6 is 0 Å². The summed E-state index contributed by atoms with van der Waals surface area (Å²) in [4.78, 5) is 28.6. The first-order chi connectivity index (χ1) is 13.3. The molecule has 1 aliphatic rings. The van der Waals surface area contributed by atoms with E-state index in [0.29, 0.717) is 16.9 Å². The molecule has 1 heterocycles. The molecule has 0 radical (unpaired) electrons. The third kappa shape index (κ3) is 4.04. The maximum atomic E-state index is 12.2. The van der Waals surface area contributed by atoms with Crippen LogP contribution < -0.4 is 9.46 Å². The van der Waals surface area contributed by atoms with Crippen LogP contribution in [0, 0.1) is 0 Å². The molecule has 9 heteroatoms. The van der Waals surface area contributed by atoms with Crippen molar-refractivity contribution in [3.63, 3.8) is 0 Å². The summed E-state index contributed by atoms with van der Waals surface area (Å²) in [6, 6.07) is 11.8. The number of carbonyl (C=O) groups excluding carboxylic acids is 2. The van der Waals surface area contributed by atoms with E-state index < -0.39 is 28.6 Å². The van der Waals surface area contributed by atoms with Gasteiger partial charge in [-0.25, -0.2) is 13.2 Å². The summed E-state index contributed by atoms with van der Waals surface area (Å²) in [7, 11) is -2.21. The Morgan fingerprint density at radius 3 is 2.64 bits per heavy atom. The highest BCUT2D eigenvalue weighted by Gasteiger charge is 2.31. The number of methoxy groups -OCH3 is 1. The Bertz CT molecular complexity index is 1060. The van der Waals surface area contributed by atoms with Crippen molar-refractivity contribution in [2.24, 2.45) is 4.99 Å². The summed E-state index contributed by atoms with van der Waals surface area (Å²) in [6.07, 6.45) is 0. The minimum absolute atomic E-state index is 0.0687. The van der Waals surface area contributed by atoms with Gasteiger partial charge < -0.3 is 9.47 Å². The number of hydrogen-bond acceptors (Lipinski definition) is 7. The van der Waals surface area contributed by atoms with Crippen LogP contribution in [0.4, 0.5) is 0 Å². The largest absolute Gasteiger partial charge is 0.497 e. The molecule has 1 aliphatic heterocycles. The summed E-state index contributed by atoms with van der Waals surface area (Å²) in [6.45, 7) is 1.00. The Balaban J connectivity index is 1.67. The predicted octanol–water partition coefficient (Wildman–Crippen LogP) is 1.55. The molecule has 1 N–H and O–H groups in total. The van der Waals surface area contributed by atoms with Crippen LogP contribution in [0.5, 0.6) is 5.75 Å². The maximum absolute atomic E-state index is 12.2. The molecular formula is C19H18N2O6S. The highest BCUT2D eigenvalue weighted by atomic mass is 32.2. The number of nitrogens with one attached hydrogen (secondary N) is 1. The van der Waals surface area contributed by atoms with E-state index in [1.54, 1.807) is 42.5 Å². The molecule has 0 aliphatic carbocycles. The normalized spacial score (nSPS) is 16.7. The molecule has 1 unspecified atom stereocenters. The highest BCUT2D eigenvalue weighted by molar-refractivity contribution is 7.90. The number of benzene rings is 2. The zero-order valence-electron chi connectivity index (χ0n) is 15.2. The molecule has 0 saturated carbocycles. The second-order valence-corrected chi connectivity index (χ2v) is 7.67. The van der Waals surface area contributed by atoms with Crippen molar-refractivity contribution < 1.29 is 27.5 Å². The molecule has 1 atom stereocenters. The van der Waals surface area contributed by atoms with E-state index in [0.717, 1.165) is 0 Å². The van der Waals surface area contributed by atoms with Crippen LogP contribution in [0.25, 0.3) is 0 Å². The lowest BCUT2D eigenvalue weighted by atomic mass is 10.1. The number of Topliss-reactive ketones (excluding diaryl/α,β-unsaturated/α-hetero) is 1. The van der Waals surface area contributed by atoms with Gasteiger partial charge in [0.25, 0.3) is 10.0 Å². The molecule has 28 heavy (non-hydrogen) atoms. The zero-order chi connectivity index (χ0) is 20.3. The van der Waals surface area contributed by atoms with Crippen LogP contribution in [0.15, 0.2) is 58.4 Å². The molecule has 0 bridgehead atoms. The third-order valence-electron chi connectivity index (χ3n) is 4.06. The smallest absolute Gasteiger partial charge is 0.331 e. The van der Waals surface area contributed by atoms with Gasteiger partial charge in [-0.2, -0.15) is 0 Å². The molecule has 146 valence electrons. The van der Waals surface area contributed by atoms with E-state index >= 15 is 0 Å². The van der Waals surface area contributed by atoms with Crippen molar-refractivity contribution in [2.45, 2.75) is 17.9 Å². The van der Waals surface area contributed by atoms with Crippen LogP contribution in [0.3, 0.4) is 0 Å². The molecule has 2 aromatic rings. The summed E-state index contributed by atoms with van der Waals surface area (Å²) >= 11 is 0. The Morgan fingerprint density at radius 2 is 1.89 bits per heavy atom. The first-order valence-electron chi connectivity index (χ1n) is 8.36. The average molecular weight is 402 g/mol. The number of ether oxygens (including phenoxy) is 2. The van der Waals surface area contributed by atoms with E-state index in [2.05, 4.69) is 9.71 Å². The van der Waals surface area contributed by atoms with E-state index in [1.165, 1.54) is 20.1 Å². The lowest BCUT2D eigenvalue weighted by Gasteiger charge is -2.09. The van der Waals surface area contributed by atoms with Crippen LogP contribution in [-0.4, -0.2) is 45.8 Å². The molecule has 3 rings (SSSR count). The van der Waals surface area contributed by atoms with Gasteiger partial charge in [-0.3, -0.25) is 14.5 Å². The Kier molecular flexibility index (Phi) is 5.46. The predicted molar refractivity (Wildman–Crippen MR) is 101 cm³/mol. The van der Waals surface area contributed by atoms with Crippen molar-refractivity contribution >= 4 is 27.6 Å². The van der Waals surface area contributed by atoms with Crippen molar-refractivity contribution in [2.75, 3.05) is 13.7 Å². The van der Waals surface area contributed by atoms with E-state index in [1.807, 2.05) is 0 Å². The van der Waals surface area contributed by atoms with E-state index in [9.17, 15) is 18.0 Å². The molecule has 8 nitrogen and oxygen atoms in total. The monoisotopic (exact) mass is 402 g/mol. The number of hydrogen-bond donors (Lipinski definition) is 1. The fraction of sp³-hybridized carbons (Fsp3) is 0.211. The van der Waals surface area contributed by atoms with Crippen molar-refractivity contribution in [3.05, 3.63) is 59.7 Å². The Morgan fingerprint density at radius 1 is 1.14 bits per heavy atom. The summed E-state index contributed by atoms with van der Waals surface area (Å²) in [5.41, 5.74) is 0.734. The number of esters is 1. The number of amidine groups is 1. The zero-order valence-corrected chi connectivity index (χ0v) is 16.0. The lowest BCUT2D eigenvalue weighted by Crippen LogP contribution is -2.27. The van der Waals surface area contributed by atoms with Gasteiger partial charge in [0, 0.05) is 11.1 Å². The Labute approximate surface area is 162 Å². The molecule has 2 aromatic carbocycles. The van der Waals surface area contributed by atoms with Gasteiger partial charge in [-0.1, -0.05) is 24.3 Å². The fourth-order valence-corrected chi connectivity index (χ4v) is 3.85. The topological polar surface area (TPSA) is 111 Å². The van der Waals surface area contributed by atoms with E-state index in [4.69, 9.17) is 9.47 Å². The minimum Gasteiger partial charge on any atom is -0.497 e. The van der Waals surface area contributed by atoms with Gasteiger partial charge >= 0.3 is 5.97 Å². The molecule has 0 saturated heterocycles. The molecule has 0 spiro atoms. The first kappa shape index (κ1) is 19.6. The number of rotatable bonds is 6. The first-order valence-corrected chi connectivity index (χ1v) is 9.84. The third-order valence-corrected chi connectivity index (χ3v) is 5.46. The number of fused-ring (bicyclic) bond motifs is 1. The number of ketones is 1. The van der Waals surface area contributed by atoms with E-state index in [-0.39, 0.29) is 16.5 Å². The number of nitrogens with zero attached hydrogens (tertiary/aromatic N) is 1. The summed E-state index contributed by atoms with van der Waals surface area (Å²) < 4.78 is 36.6. The van der Waals surface area contributed by atoms with Crippen LogP contribution in [0.2, 0.25) is 0 Å². The SMILES string of the molecule is COc1cccc(C(=O)COC(=O)C(C)N=C2NS(=O)(=O)c3ccccc32)c1. The van der Waals surface area contributed by atoms with Gasteiger partial charge in [-0.15, -0.1) is 0 Å². The molecule has 0 fully saturated rings. The van der Waals surface area contributed by atoms with Gasteiger partial charge in [0.15, 0.2) is 12.4 Å². The summed E-state index contributed by atoms with van der Waals surface area (Å²) in [5, 5.41) is 0. The number of sulfonamides is 1. The molecule has 0 amide bonds. The summed E-state index contributed by atoms with van der Waals surface area (Å²) in [5.74, 6) is -0.547. The fourth-order valence-electron chi connectivity index (χ4n) is 2.61. The van der Waals surface area contributed by atoms with Crippen molar-refractivity contribution in [1.29, 1.82) is 0 Å². The number of aliphatic imine (C=N–C) groups is 1. The maximum Gasteiger partial charge on any atom is 0.331 e. The van der Waals surface area contributed by atoms with Gasteiger partial charge in [0.2, 0.25) is 0 Å². The Hall–Kier alpha value is -3.20. The highest BCUT2D eigenvalue weighted by Crippen LogP contribution is 2.22.